The molecule has 1 saturated carbocycles. The van der Waals surface area contributed by atoms with Crippen molar-refractivity contribution in [3.05, 3.63) is 0 Å². The Morgan fingerprint density at radius 1 is 1.21 bits per heavy atom. The number of esters is 1. The topological polar surface area (TPSA) is 67.4 Å². The molecule has 0 aromatic carbocycles. The van der Waals surface area contributed by atoms with Crippen LogP contribution in [-0.4, -0.2) is 29.7 Å². The summed E-state index contributed by atoms with van der Waals surface area (Å²) in [5, 5.41) is 5.57. The van der Waals surface area contributed by atoms with E-state index in [9.17, 15) is 9.59 Å². The second kappa shape index (κ2) is 6.26. The van der Waals surface area contributed by atoms with Crippen LogP contribution in [-0.2, 0) is 9.53 Å². The first-order valence-electron chi connectivity index (χ1n) is 6.99. The minimum Gasteiger partial charge on any atom is -0.458 e. The van der Waals surface area contributed by atoms with Crippen molar-refractivity contribution in [2.45, 2.75) is 71.6 Å². The maximum Gasteiger partial charge on any atom is 0.329 e. The summed E-state index contributed by atoms with van der Waals surface area (Å²) < 4.78 is 5.33. The molecular formula is C14H26N2O3. The van der Waals surface area contributed by atoms with Gasteiger partial charge >= 0.3 is 12.0 Å². The molecule has 1 aliphatic carbocycles. The Labute approximate surface area is 115 Å². The molecule has 1 aliphatic rings. The van der Waals surface area contributed by atoms with Crippen LogP contribution in [0, 0.1) is 5.92 Å². The monoisotopic (exact) mass is 270 g/mol. The maximum atomic E-state index is 12.0. The number of carbonyl (C=O) groups excluding carboxylic acids is 2. The number of hydrogen-bond acceptors (Lipinski definition) is 3. The van der Waals surface area contributed by atoms with Crippen LogP contribution in [0.1, 0.15) is 53.9 Å². The molecule has 2 amide bonds. The van der Waals surface area contributed by atoms with Gasteiger partial charge in [0.25, 0.3) is 0 Å². The van der Waals surface area contributed by atoms with Crippen LogP contribution in [0.4, 0.5) is 4.79 Å². The van der Waals surface area contributed by atoms with Gasteiger partial charge in [-0.3, -0.25) is 0 Å². The molecule has 5 nitrogen and oxygen atoms in total. The smallest absolute Gasteiger partial charge is 0.329 e. The molecule has 1 rings (SSSR count). The van der Waals surface area contributed by atoms with Gasteiger partial charge in [-0.25, -0.2) is 9.59 Å². The summed E-state index contributed by atoms with van der Waals surface area (Å²) in [5.41, 5.74) is -0.545. The molecule has 0 heterocycles. The van der Waals surface area contributed by atoms with E-state index >= 15 is 0 Å². The zero-order valence-corrected chi connectivity index (χ0v) is 12.6. The van der Waals surface area contributed by atoms with E-state index in [2.05, 4.69) is 10.6 Å². The van der Waals surface area contributed by atoms with Gasteiger partial charge < -0.3 is 15.4 Å². The lowest BCUT2D eigenvalue weighted by atomic mass is 9.93. The highest BCUT2D eigenvalue weighted by Gasteiger charge is 2.30. The number of ether oxygens (including phenoxy) is 1. The lowest BCUT2D eigenvalue weighted by Gasteiger charge is -2.29. The van der Waals surface area contributed by atoms with Crippen LogP contribution in [0.25, 0.3) is 0 Å². The molecule has 0 unspecified atom stereocenters. The summed E-state index contributed by atoms with van der Waals surface area (Å²) in [7, 11) is 0. The number of rotatable bonds is 4. The van der Waals surface area contributed by atoms with Gasteiger partial charge in [0.1, 0.15) is 11.6 Å². The number of nitrogens with one attached hydrogen (secondary N) is 2. The van der Waals surface area contributed by atoms with E-state index in [0.29, 0.717) is 0 Å². The molecule has 0 aromatic rings. The fraction of sp³-hybridized carbons (Fsp3) is 0.857. The Morgan fingerprint density at radius 2 is 1.79 bits per heavy atom. The molecule has 19 heavy (non-hydrogen) atoms. The van der Waals surface area contributed by atoms with Gasteiger partial charge in [0.15, 0.2) is 0 Å². The highest BCUT2D eigenvalue weighted by atomic mass is 16.6. The Morgan fingerprint density at radius 3 is 2.16 bits per heavy atom. The third-order valence-corrected chi connectivity index (χ3v) is 3.05. The number of urea groups is 1. The summed E-state index contributed by atoms with van der Waals surface area (Å²) in [4.78, 5) is 23.8. The molecule has 0 radical (unpaired) electrons. The quantitative estimate of drug-likeness (QED) is 0.770. The van der Waals surface area contributed by atoms with Crippen molar-refractivity contribution in [2.75, 3.05) is 0 Å². The Balaban J connectivity index is 2.51. The van der Waals surface area contributed by atoms with Crippen molar-refractivity contribution in [3.63, 3.8) is 0 Å². The fourth-order valence-corrected chi connectivity index (χ4v) is 1.78. The second-order valence-corrected chi connectivity index (χ2v) is 6.50. The van der Waals surface area contributed by atoms with Crippen LogP contribution >= 0.6 is 0 Å². The van der Waals surface area contributed by atoms with Gasteiger partial charge in [0.2, 0.25) is 0 Å². The van der Waals surface area contributed by atoms with Gasteiger partial charge in [-0.1, -0.05) is 13.8 Å². The minimum atomic E-state index is -0.612. The van der Waals surface area contributed by atoms with E-state index in [1.54, 1.807) is 0 Å². The Kier molecular flexibility index (Phi) is 5.20. The van der Waals surface area contributed by atoms with Crippen LogP contribution < -0.4 is 10.6 Å². The molecule has 1 atom stereocenters. The second-order valence-electron chi connectivity index (χ2n) is 6.50. The molecule has 2 N–H and O–H groups in total. The number of carbonyl (C=O) groups is 2. The van der Waals surface area contributed by atoms with E-state index in [1.807, 2.05) is 34.6 Å². The molecule has 0 aliphatic heterocycles. The zero-order valence-electron chi connectivity index (χ0n) is 12.6. The lowest BCUT2D eigenvalue weighted by molar-refractivity contribution is -0.158. The maximum absolute atomic E-state index is 12.0. The fourth-order valence-electron chi connectivity index (χ4n) is 1.78. The molecular weight excluding hydrogens is 244 g/mol. The molecule has 0 bridgehead atoms. The van der Waals surface area contributed by atoms with E-state index in [0.717, 1.165) is 19.3 Å². The summed E-state index contributed by atoms with van der Waals surface area (Å²) >= 11 is 0. The largest absolute Gasteiger partial charge is 0.458 e. The van der Waals surface area contributed by atoms with Gasteiger partial charge in [0.05, 0.1) is 0 Å². The first-order chi connectivity index (χ1) is 8.69. The molecule has 1 fully saturated rings. The molecule has 5 heteroatoms. The van der Waals surface area contributed by atoms with Gasteiger partial charge in [0, 0.05) is 6.04 Å². The highest BCUT2D eigenvalue weighted by molar-refractivity contribution is 5.84. The van der Waals surface area contributed by atoms with E-state index in [1.165, 1.54) is 0 Å². The van der Waals surface area contributed by atoms with Gasteiger partial charge in [-0.15, -0.1) is 0 Å². The van der Waals surface area contributed by atoms with Crippen LogP contribution in [0.5, 0.6) is 0 Å². The molecule has 0 spiro atoms. The first kappa shape index (κ1) is 15.8. The van der Waals surface area contributed by atoms with Crippen molar-refractivity contribution in [2.24, 2.45) is 5.92 Å². The van der Waals surface area contributed by atoms with Crippen molar-refractivity contribution in [3.8, 4) is 0 Å². The van der Waals surface area contributed by atoms with Gasteiger partial charge in [-0.05, 0) is 46.0 Å². The molecule has 0 saturated heterocycles. The SMILES string of the molecule is CC(C)[C@@H](NC(=O)NC1CCC1)C(=O)OC(C)(C)C. The molecule has 110 valence electrons. The average molecular weight is 270 g/mol. The predicted molar refractivity (Wildman–Crippen MR) is 73.8 cm³/mol. The first-order valence-corrected chi connectivity index (χ1v) is 6.99. The van der Waals surface area contributed by atoms with Crippen molar-refractivity contribution >= 4 is 12.0 Å². The summed E-state index contributed by atoms with van der Waals surface area (Å²) in [5.74, 6) is -0.395. The van der Waals surface area contributed by atoms with E-state index < -0.39 is 11.6 Å². The summed E-state index contributed by atoms with van der Waals surface area (Å²) in [6.45, 7) is 9.22. The summed E-state index contributed by atoms with van der Waals surface area (Å²) in [6.07, 6.45) is 3.20. The van der Waals surface area contributed by atoms with Crippen LogP contribution in [0.3, 0.4) is 0 Å². The lowest BCUT2D eigenvalue weighted by Crippen LogP contribution is -2.53. The third kappa shape index (κ3) is 5.49. The Hall–Kier alpha value is -1.26. The zero-order chi connectivity index (χ0) is 14.6. The predicted octanol–water partition coefficient (Wildman–Crippen LogP) is 2.20. The van der Waals surface area contributed by atoms with Crippen LogP contribution in [0.2, 0.25) is 0 Å². The normalized spacial score (nSPS) is 17.6. The van der Waals surface area contributed by atoms with E-state index in [4.69, 9.17) is 4.74 Å². The highest BCUT2D eigenvalue weighted by Crippen LogP contribution is 2.18. The van der Waals surface area contributed by atoms with Crippen molar-refractivity contribution < 1.29 is 14.3 Å². The summed E-state index contributed by atoms with van der Waals surface area (Å²) in [6, 6.07) is -0.639. The van der Waals surface area contributed by atoms with E-state index in [-0.39, 0.29) is 24.0 Å². The standard InChI is InChI=1S/C14H26N2O3/c1-9(2)11(12(17)19-14(3,4)5)16-13(18)15-10-7-6-8-10/h9-11H,6-8H2,1-5H3,(H2,15,16,18)/t11-/m1/s1. The van der Waals surface area contributed by atoms with Crippen molar-refractivity contribution in [1.29, 1.82) is 0 Å². The number of amides is 2. The molecule has 0 aromatic heterocycles. The van der Waals surface area contributed by atoms with Crippen LogP contribution in [0.15, 0.2) is 0 Å². The van der Waals surface area contributed by atoms with Crippen molar-refractivity contribution in [1.82, 2.24) is 10.6 Å². The Bertz CT molecular complexity index is 330. The number of hydrogen-bond donors (Lipinski definition) is 2. The van der Waals surface area contributed by atoms with Gasteiger partial charge in [-0.2, -0.15) is 0 Å². The third-order valence-electron chi connectivity index (χ3n) is 3.05. The average Bonchev–Trinajstić information content (AvgIpc) is 2.16. The minimum absolute atomic E-state index is 0.0120.